The van der Waals surface area contributed by atoms with Crippen molar-refractivity contribution in [2.24, 2.45) is 0 Å². The van der Waals surface area contributed by atoms with Crippen LogP contribution in [0, 0.1) is 3.57 Å². The number of hydrogen-bond acceptors (Lipinski definition) is 3. The average Bonchev–Trinajstić information content (AvgIpc) is 2.47. The Kier molecular flexibility index (Phi) is 5.98. The molecule has 0 spiro atoms. The van der Waals surface area contributed by atoms with Gasteiger partial charge < -0.3 is 10.1 Å². The van der Waals surface area contributed by atoms with Gasteiger partial charge in [-0.15, -0.1) is 0 Å². The Morgan fingerprint density at radius 1 is 1.27 bits per heavy atom. The van der Waals surface area contributed by atoms with Crippen molar-refractivity contribution in [3.63, 3.8) is 0 Å². The van der Waals surface area contributed by atoms with Crippen LogP contribution in [0.5, 0.6) is 5.75 Å². The monoisotopic (exact) mass is 446 g/mol. The van der Waals surface area contributed by atoms with E-state index in [0.717, 1.165) is 3.57 Å². The van der Waals surface area contributed by atoms with Crippen molar-refractivity contribution >= 4 is 63.1 Å². The van der Waals surface area contributed by atoms with Gasteiger partial charge >= 0.3 is 0 Å². The maximum Gasteiger partial charge on any atom is 0.257 e. The normalized spacial score (nSPS) is 9.95. The smallest absolute Gasteiger partial charge is 0.257 e. The van der Waals surface area contributed by atoms with Gasteiger partial charge in [0.25, 0.3) is 5.91 Å². The van der Waals surface area contributed by atoms with E-state index in [4.69, 9.17) is 28.6 Å². The number of hydrogen-bond donors (Lipinski definition) is 2. The fourth-order valence-corrected chi connectivity index (χ4v) is 2.72. The van der Waals surface area contributed by atoms with Gasteiger partial charge in [-0.1, -0.05) is 17.7 Å². The highest BCUT2D eigenvalue weighted by Gasteiger charge is 2.09. The highest BCUT2D eigenvalue weighted by Crippen LogP contribution is 2.27. The third kappa shape index (κ3) is 4.56. The van der Waals surface area contributed by atoms with Crippen LogP contribution in [0.4, 0.5) is 5.69 Å². The van der Waals surface area contributed by atoms with Gasteiger partial charge in [-0.2, -0.15) is 0 Å². The number of anilines is 1. The molecule has 0 bridgehead atoms. The molecule has 2 rings (SSSR count). The number of carbonyl (C=O) groups is 1. The van der Waals surface area contributed by atoms with Gasteiger partial charge in [0.2, 0.25) is 0 Å². The second kappa shape index (κ2) is 7.75. The van der Waals surface area contributed by atoms with Crippen molar-refractivity contribution < 1.29 is 9.53 Å². The van der Waals surface area contributed by atoms with E-state index in [0.29, 0.717) is 22.0 Å². The topological polar surface area (TPSA) is 50.4 Å². The van der Waals surface area contributed by atoms with Crippen LogP contribution < -0.4 is 15.4 Å². The van der Waals surface area contributed by atoms with Gasteiger partial charge in [0.05, 0.1) is 12.1 Å². The predicted molar refractivity (Wildman–Crippen MR) is 101 cm³/mol. The molecule has 0 aliphatic carbocycles. The second-order valence-electron chi connectivity index (χ2n) is 4.27. The van der Waals surface area contributed by atoms with Gasteiger partial charge in [-0.05, 0) is 71.2 Å². The zero-order valence-corrected chi connectivity index (χ0v) is 15.3. The Labute approximate surface area is 152 Å². The third-order valence-electron chi connectivity index (χ3n) is 2.72. The molecule has 0 aromatic heterocycles. The molecule has 0 aliphatic rings. The summed E-state index contributed by atoms with van der Waals surface area (Å²) in [7, 11) is 1.54. The summed E-state index contributed by atoms with van der Waals surface area (Å²) >= 11 is 13.3. The van der Waals surface area contributed by atoms with Crippen molar-refractivity contribution in [1.29, 1.82) is 0 Å². The lowest BCUT2D eigenvalue weighted by atomic mass is 10.2. The Morgan fingerprint density at radius 3 is 2.68 bits per heavy atom. The van der Waals surface area contributed by atoms with Crippen LogP contribution in [0.15, 0.2) is 42.5 Å². The fourth-order valence-electron chi connectivity index (χ4n) is 1.71. The lowest BCUT2D eigenvalue weighted by Gasteiger charge is -2.11. The summed E-state index contributed by atoms with van der Waals surface area (Å²) in [5, 5.41) is 6.19. The number of thiocarbonyl (C=S) groups is 1. The van der Waals surface area contributed by atoms with Crippen molar-refractivity contribution in [2.45, 2.75) is 0 Å². The van der Waals surface area contributed by atoms with Crippen molar-refractivity contribution in [1.82, 2.24) is 5.32 Å². The van der Waals surface area contributed by atoms with E-state index in [-0.39, 0.29) is 11.0 Å². The number of methoxy groups -OCH3 is 1. The highest BCUT2D eigenvalue weighted by atomic mass is 127. The van der Waals surface area contributed by atoms with Gasteiger partial charge in [0.15, 0.2) is 5.11 Å². The van der Waals surface area contributed by atoms with Crippen LogP contribution >= 0.6 is 46.4 Å². The van der Waals surface area contributed by atoms with Gasteiger partial charge in [-0.3, -0.25) is 10.1 Å². The van der Waals surface area contributed by atoms with Crippen molar-refractivity contribution in [3.8, 4) is 5.75 Å². The summed E-state index contributed by atoms with van der Waals surface area (Å²) in [5.74, 6) is 0.302. The molecule has 2 aromatic carbocycles. The van der Waals surface area contributed by atoms with Crippen LogP contribution in [0.3, 0.4) is 0 Å². The third-order valence-corrected chi connectivity index (χ3v) is 3.89. The minimum atomic E-state index is -0.268. The molecule has 0 unspecified atom stereocenters. The zero-order valence-electron chi connectivity index (χ0n) is 11.5. The minimum absolute atomic E-state index is 0.199. The number of rotatable bonds is 3. The van der Waals surface area contributed by atoms with E-state index >= 15 is 0 Å². The van der Waals surface area contributed by atoms with Crippen LogP contribution in [0.25, 0.3) is 0 Å². The SMILES string of the molecule is COc1ccc(NC(=S)NC(=O)c2cccc(I)c2)cc1Cl. The largest absolute Gasteiger partial charge is 0.495 e. The minimum Gasteiger partial charge on any atom is -0.495 e. The summed E-state index contributed by atoms with van der Waals surface area (Å²) < 4.78 is 6.05. The summed E-state index contributed by atoms with van der Waals surface area (Å²) in [6.07, 6.45) is 0. The highest BCUT2D eigenvalue weighted by molar-refractivity contribution is 14.1. The lowest BCUT2D eigenvalue weighted by molar-refractivity contribution is 0.0977. The number of halogens is 2. The molecule has 0 atom stereocenters. The number of nitrogens with one attached hydrogen (secondary N) is 2. The first kappa shape index (κ1) is 17.0. The molecule has 0 saturated heterocycles. The Balaban J connectivity index is 2.01. The molecule has 2 N–H and O–H groups in total. The standard InChI is InChI=1S/C15H12ClIN2O2S/c1-21-13-6-5-11(8-12(13)16)18-15(22)19-14(20)9-3-2-4-10(17)7-9/h2-8H,1H3,(H2,18,19,20,22). The quantitative estimate of drug-likeness (QED) is 0.551. The number of benzene rings is 2. The summed E-state index contributed by atoms with van der Waals surface area (Å²) in [6.45, 7) is 0. The summed E-state index contributed by atoms with van der Waals surface area (Å²) in [4.78, 5) is 12.1. The van der Waals surface area contributed by atoms with Crippen LogP contribution in [-0.2, 0) is 0 Å². The van der Waals surface area contributed by atoms with E-state index in [1.54, 1.807) is 37.4 Å². The first-order valence-electron chi connectivity index (χ1n) is 6.21. The van der Waals surface area contributed by atoms with Crippen molar-refractivity contribution in [2.75, 3.05) is 12.4 Å². The first-order valence-corrected chi connectivity index (χ1v) is 8.07. The van der Waals surface area contributed by atoms with Crippen LogP contribution in [0.2, 0.25) is 5.02 Å². The zero-order chi connectivity index (χ0) is 16.1. The fraction of sp³-hybridized carbons (Fsp3) is 0.0667. The maximum atomic E-state index is 12.1. The molecule has 0 heterocycles. The van der Waals surface area contributed by atoms with E-state index in [1.165, 1.54) is 0 Å². The van der Waals surface area contributed by atoms with Crippen molar-refractivity contribution in [3.05, 3.63) is 56.6 Å². The molecule has 0 saturated carbocycles. The number of amides is 1. The molecule has 22 heavy (non-hydrogen) atoms. The van der Waals surface area contributed by atoms with Gasteiger partial charge in [-0.25, -0.2) is 0 Å². The molecule has 4 nitrogen and oxygen atoms in total. The lowest BCUT2D eigenvalue weighted by Crippen LogP contribution is -2.34. The molecular weight excluding hydrogens is 435 g/mol. The molecule has 114 valence electrons. The molecule has 7 heteroatoms. The molecule has 0 fully saturated rings. The van der Waals surface area contributed by atoms with Crippen LogP contribution in [0.1, 0.15) is 10.4 Å². The van der Waals surface area contributed by atoms with E-state index in [9.17, 15) is 4.79 Å². The molecule has 2 aromatic rings. The summed E-state index contributed by atoms with van der Waals surface area (Å²) in [5.41, 5.74) is 1.21. The predicted octanol–water partition coefficient (Wildman–Crippen LogP) is 4.08. The Bertz CT molecular complexity index is 724. The molecule has 0 radical (unpaired) electrons. The number of carbonyl (C=O) groups excluding carboxylic acids is 1. The van der Waals surface area contributed by atoms with E-state index in [2.05, 4.69) is 33.2 Å². The van der Waals surface area contributed by atoms with Crippen LogP contribution in [-0.4, -0.2) is 18.1 Å². The van der Waals surface area contributed by atoms with E-state index < -0.39 is 0 Å². The first-order chi connectivity index (χ1) is 10.5. The summed E-state index contributed by atoms with van der Waals surface area (Å²) in [6, 6.07) is 12.4. The second-order valence-corrected chi connectivity index (χ2v) is 6.33. The molecule has 0 aliphatic heterocycles. The average molecular weight is 447 g/mol. The van der Waals surface area contributed by atoms with Gasteiger partial charge in [0.1, 0.15) is 5.75 Å². The molecular formula is C15H12ClIN2O2S. The number of ether oxygens (including phenoxy) is 1. The maximum absolute atomic E-state index is 12.1. The Hall–Kier alpha value is -1.38. The van der Waals surface area contributed by atoms with E-state index in [1.807, 2.05) is 12.1 Å². The van der Waals surface area contributed by atoms with Gasteiger partial charge in [0, 0.05) is 14.8 Å². The Morgan fingerprint density at radius 2 is 2.05 bits per heavy atom. The molecule has 1 amide bonds.